The van der Waals surface area contributed by atoms with Crippen LogP contribution in [0.5, 0.6) is 0 Å². The van der Waals surface area contributed by atoms with Gasteiger partial charge in [0.1, 0.15) is 24.1 Å². The first-order chi connectivity index (χ1) is 13.9. The molecule has 4 atom stereocenters. The number of nitrogens with one attached hydrogen (secondary N) is 2. The zero-order valence-corrected chi connectivity index (χ0v) is 15.6. The number of hydrogen-bond acceptors (Lipinski definition) is 5. The Balaban J connectivity index is 1.46. The second-order valence-electron chi connectivity index (χ2n) is 6.88. The molecule has 1 aliphatic rings. The van der Waals surface area contributed by atoms with E-state index < -0.39 is 24.4 Å². The summed E-state index contributed by atoms with van der Waals surface area (Å²) in [5, 5.41) is 25.6. The monoisotopic (exact) mass is 402 g/mol. The van der Waals surface area contributed by atoms with Crippen LogP contribution in [0.15, 0.2) is 54.6 Å². The summed E-state index contributed by atoms with van der Waals surface area (Å²) in [4.78, 5) is 24.2. The van der Waals surface area contributed by atoms with Crippen LogP contribution in [0.3, 0.4) is 0 Å². The van der Waals surface area contributed by atoms with Crippen molar-refractivity contribution >= 4 is 11.8 Å². The Morgan fingerprint density at radius 3 is 2.28 bits per heavy atom. The van der Waals surface area contributed by atoms with Gasteiger partial charge in [0, 0.05) is 18.7 Å². The molecular weight excluding hydrogens is 379 g/mol. The molecular formula is C21H23FN2O5. The van der Waals surface area contributed by atoms with E-state index in [0.29, 0.717) is 5.56 Å². The lowest BCUT2D eigenvalue weighted by molar-refractivity contribution is -0.125. The lowest BCUT2D eigenvalue weighted by atomic mass is 10.1. The molecule has 0 saturated carbocycles. The molecule has 29 heavy (non-hydrogen) atoms. The maximum absolute atomic E-state index is 12.9. The standard InChI is InChI=1S/C21H23FN2O5/c22-15-8-6-13(7-9-15)11-23-18(25)10-16-19(26)20(27)17(29-16)12-24-21(28)14-4-2-1-3-5-14/h1-9,16-17,19-20,26-27H,10-12H2,(H,23,25)(H,24,28)/t16-,17-,19-,20+/m0/s1. The number of aliphatic hydroxyl groups excluding tert-OH is 2. The molecule has 0 spiro atoms. The van der Waals surface area contributed by atoms with Crippen molar-refractivity contribution in [2.24, 2.45) is 0 Å². The van der Waals surface area contributed by atoms with E-state index >= 15 is 0 Å². The molecule has 1 heterocycles. The van der Waals surface area contributed by atoms with Gasteiger partial charge in [-0.25, -0.2) is 4.39 Å². The van der Waals surface area contributed by atoms with Gasteiger partial charge in [-0.05, 0) is 29.8 Å². The molecule has 8 heteroatoms. The van der Waals surface area contributed by atoms with Crippen LogP contribution >= 0.6 is 0 Å². The van der Waals surface area contributed by atoms with Gasteiger partial charge in [0.25, 0.3) is 5.91 Å². The van der Waals surface area contributed by atoms with E-state index in [4.69, 9.17) is 4.74 Å². The maximum atomic E-state index is 12.9. The van der Waals surface area contributed by atoms with Crippen LogP contribution in [-0.2, 0) is 16.1 Å². The first kappa shape index (κ1) is 20.9. The summed E-state index contributed by atoms with van der Waals surface area (Å²) >= 11 is 0. The van der Waals surface area contributed by atoms with Crippen LogP contribution in [0.4, 0.5) is 4.39 Å². The van der Waals surface area contributed by atoms with E-state index in [2.05, 4.69) is 10.6 Å². The van der Waals surface area contributed by atoms with E-state index in [0.717, 1.165) is 5.56 Å². The number of halogens is 1. The molecule has 0 aliphatic carbocycles. The Kier molecular flexibility index (Phi) is 6.92. The molecule has 2 aromatic carbocycles. The molecule has 7 nitrogen and oxygen atoms in total. The molecule has 2 aromatic rings. The highest BCUT2D eigenvalue weighted by Gasteiger charge is 2.43. The van der Waals surface area contributed by atoms with E-state index in [1.807, 2.05) is 0 Å². The fraction of sp³-hybridized carbons (Fsp3) is 0.333. The van der Waals surface area contributed by atoms with Crippen molar-refractivity contribution in [1.29, 1.82) is 0 Å². The third kappa shape index (κ3) is 5.60. The van der Waals surface area contributed by atoms with Crippen molar-refractivity contribution < 1.29 is 28.9 Å². The number of carbonyl (C=O) groups excluding carboxylic acids is 2. The van der Waals surface area contributed by atoms with Crippen LogP contribution in [0.25, 0.3) is 0 Å². The van der Waals surface area contributed by atoms with Crippen LogP contribution in [-0.4, -0.2) is 53.0 Å². The Hall–Kier alpha value is -2.81. The Labute approximate surface area is 167 Å². The van der Waals surface area contributed by atoms with Gasteiger partial charge >= 0.3 is 0 Å². The molecule has 1 saturated heterocycles. The maximum Gasteiger partial charge on any atom is 0.251 e. The smallest absolute Gasteiger partial charge is 0.251 e. The third-order valence-electron chi connectivity index (χ3n) is 4.75. The summed E-state index contributed by atoms with van der Waals surface area (Å²) in [5.74, 6) is -1.06. The SMILES string of the molecule is O=C(C[C@@H]1O[C@@H](CNC(=O)c2ccccc2)[C@@H](O)[C@H]1O)NCc1ccc(F)cc1. The number of rotatable bonds is 7. The largest absolute Gasteiger partial charge is 0.388 e. The first-order valence-electron chi connectivity index (χ1n) is 9.30. The minimum atomic E-state index is -1.25. The van der Waals surface area contributed by atoms with E-state index in [1.54, 1.807) is 42.5 Å². The van der Waals surface area contributed by atoms with Gasteiger partial charge in [0.05, 0.1) is 12.5 Å². The normalized spacial score (nSPS) is 23.6. The quantitative estimate of drug-likeness (QED) is 0.547. The molecule has 0 aromatic heterocycles. The van der Waals surface area contributed by atoms with Gasteiger partial charge in [-0.15, -0.1) is 0 Å². The summed E-state index contributed by atoms with van der Waals surface area (Å²) in [6, 6.07) is 14.3. The van der Waals surface area contributed by atoms with E-state index in [9.17, 15) is 24.2 Å². The van der Waals surface area contributed by atoms with Crippen molar-refractivity contribution in [3.63, 3.8) is 0 Å². The summed E-state index contributed by atoms with van der Waals surface area (Å²) < 4.78 is 18.5. The van der Waals surface area contributed by atoms with Crippen molar-refractivity contribution in [3.05, 3.63) is 71.5 Å². The molecule has 154 valence electrons. The average molecular weight is 402 g/mol. The molecule has 0 radical (unpaired) electrons. The van der Waals surface area contributed by atoms with Crippen molar-refractivity contribution in [2.75, 3.05) is 6.54 Å². The average Bonchev–Trinajstić information content (AvgIpc) is 3.00. The summed E-state index contributed by atoms with van der Waals surface area (Å²) in [7, 11) is 0. The molecule has 1 aliphatic heterocycles. The van der Waals surface area contributed by atoms with Gasteiger partial charge in [-0.3, -0.25) is 9.59 Å². The molecule has 2 amide bonds. The van der Waals surface area contributed by atoms with Crippen molar-refractivity contribution in [2.45, 2.75) is 37.4 Å². The Morgan fingerprint density at radius 2 is 1.59 bits per heavy atom. The van der Waals surface area contributed by atoms with Gasteiger partial charge < -0.3 is 25.6 Å². The molecule has 4 N–H and O–H groups in total. The number of amides is 2. The highest BCUT2D eigenvalue weighted by Crippen LogP contribution is 2.23. The third-order valence-corrected chi connectivity index (χ3v) is 4.75. The molecule has 0 bridgehead atoms. The van der Waals surface area contributed by atoms with Crippen LogP contribution in [0, 0.1) is 5.82 Å². The van der Waals surface area contributed by atoms with Crippen molar-refractivity contribution in [3.8, 4) is 0 Å². The number of ether oxygens (including phenoxy) is 1. The lowest BCUT2D eigenvalue weighted by Gasteiger charge is -2.15. The predicted molar refractivity (Wildman–Crippen MR) is 102 cm³/mol. The van der Waals surface area contributed by atoms with E-state index in [1.165, 1.54) is 12.1 Å². The minimum Gasteiger partial charge on any atom is -0.388 e. The molecule has 1 fully saturated rings. The van der Waals surface area contributed by atoms with Gasteiger partial charge in [-0.2, -0.15) is 0 Å². The predicted octanol–water partition coefficient (Wildman–Crippen LogP) is 0.751. The Bertz CT molecular complexity index is 831. The van der Waals surface area contributed by atoms with Crippen molar-refractivity contribution in [1.82, 2.24) is 10.6 Å². The van der Waals surface area contributed by atoms with Crippen LogP contribution in [0.1, 0.15) is 22.3 Å². The summed E-state index contributed by atoms with van der Waals surface area (Å²) in [6.07, 6.45) is -4.33. The second-order valence-corrected chi connectivity index (χ2v) is 6.88. The minimum absolute atomic E-state index is 0.000344. The highest BCUT2D eigenvalue weighted by molar-refractivity contribution is 5.94. The van der Waals surface area contributed by atoms with Gasteiger partial charge in [0.15, 0.2) is 0 Å². The topological polar surface area (TPSA) is 108 Å². The zero-order valence-electron chi connectivity index (χ0n) is 15.6. The summed E-state index contributed by atoms with van der Waals surface area (Å²) in [6.45, 7) is 0.209. The van der Waals surface area contributed by atoms with Crippen LogP contribution in [0.2, 0.25) is 0 Å². The van der Waals surface area contributed by atoms with E-state index in [-0.39, 0.29) is 37.1 Å². The van der Waals surface area contributed by atoms with Gasteiger partial charge in [0.2, 0.25) is 5.91 Å². The Morgan fingerprint density at radius 1 is 0.931 bits per heavy atom. The summed E-state index contributed by atoms with van der Waals surface area (Å²) in [5.41, 5.74) is 1.20. The number of hydrogen-bond donors (Lipinski definition) is 4. The number of aliphatic hydroxyl groups is 2. The highest BCUT2D eigenvalue weighted by atomic mass is 19.1. The fourth-order valence-corrected chi connectivity index (χ4v) is 3.11. The number of benzene rings is 2. The number of carbonyl (C=O) groups is 2. The molecule has 0 unspecified atom stereocenters. The first-order valence-corrected chi connectivity index (χ1v) is 9.30. The van der Waals surface area contributed by atoms with Gasteiger partial charge in [-0.1, -0.05) is 30.3 Å². The van der Waals surface area contributed by atoms with Crippen LogP contribution < -0.4 is 10.6 Å². The zero-order chi connectivity index (χ0) is 20.8. The lowest BCUT2D eigenvalue weighted by Crippen LogP contribution is -2.40. The second kappa shape index (κ2) is 9.60. The fourth-order valence-electron chi connectivity index (χ4n) is 3.11. The molecule has 3 rings (SSSR count).